The molecule has 2 aromatic heterocycles. The van der Waals surface area contributed by atoms with Gasteiger partial charge in [0.1, 0.15) is 4.90 Å². The van der Waals surface area contributed by atoms with E-state index in [1.807, 2.05) is 6.92 Å². The van der Waals surface area contributed by atoms with Gasteiger partial charge in [-0.15, -0.1) is 4.36 Å². The fourth-order valence-corrected chi connectivity index (χ4v) is 6.50. The third-order valence-corrected chi connectivity index (χ3v) is 8.90. The van der Waals surface area contributed by atoms with Crippen molar-refractivity contribution in [3.63, 3.8) is 0 Å². The Balaban J connectivity index is 1.37. The topological polar surface area (TPSA) is 134 Å². The zero-order valence-corrected chi connectivity index (χ0v) is 21.6. The number of nitrogens with two attached hydrogens (primary N) is 1. The van der Waals surface area contributed by atoms with Crippen LogP contribution in [0.4, 0.5) is 10.5 Å². The second-order valence-corrected chi connectivity index (χ2v) is 11.9. The molecule has 0 spiro atoms. The number of methoxy groups -OCH3 is 1. The summed E-state index contributed by atoms with van der Waals surface area (Å²) in [4.78, 5) is 17.9. The number of aryl methyl sites for hydroxylation is 1. The van der Waals surface area contributed by atoms with Crippen LogP contribution < -0.4 is 15.2 Å². The lowest BCUT2D eigenvalue weighted by molar-refractivity contribution is -0.0392. The van der Waals surface area contributed by atoms with Gasteiger partial charge in [-0.25, -0.2) is 18.8 Å². The highest BCUT2D eigenvalue weighted by Crippen LogP contribution is 2.40. The summed E-state index contributed by atoms with van der Waals surface area (Å²) in [5.41, 5.74) is 4.62. The fraction of sp³-hybridized carbons (Fsp3) is 0.625. The van der Waals surface area contributed by atoms with Gasteiger partial charge in [-0.2, -0.15) is 5.10 Å². The Morgan fingerprint density at radius 3 is 2.83 bits per heavy atom. The van der Waals surface area contributed by atoms with E-state index in [1.165, 1.54) is 6.20 Å². The molecule has 2 amide bonds. The van der Waals surface area contributed by atoms with Gasteiger partial charge < -0.3 is 14.8 Å². The van der Waals surface area contributed by atoms with E-state index in [-0.39, 0.29) is 10.8 Å². The number of amides is 2. The number of rotatable bonds is 5. The van der Waals surface area contributed by atoms with E-state index in [1.54, 1.807) is 11.8 Å². The Kier molecular flexibility index (Phi) is 6.35. The predicted octanol–water partition coefficient (Wildman–Crippen LogP) is 3.56. The van der Waals surface area contributed by atoms with E-state index in [2.05, 4.69) is 28.6 Å². The van der Waals surface area contributed by atoms with Crippen molar-refractivity contribution in [2.24, 2.45) is 21.3 Å². The lowest BCUT2D eigenvalue weighted by Gasteiger charge is -2.40. The molecule has 0 aromatic carbocycles. The maximum absolute atomic E-state index is 13.4. The fourth-order valence-electron chi connectivity index (χ4n) is 5.50. The zero-order valence-electron chi connectivity index (χ0n) is 20.7. The molecule has 190 valence electrons. The molecule has 3 aliphatic rings. The van der Waals surface area contributed by atoms with Crippen molar-refractivity contribution < 1.29 is 18.5 Å². The van der Waals surface area contributed by atoms with Gasteiger partial charge in [-0.3, -0.25) is 4.98 Å². The summed E-state index contributed by atoms with van der Waals surface area (Å²) < 4.78 is 30.3. The van der Waals surface area contributed by atoms with E-state index in [0.29, 0.717) is 42.7 Å². The largest absolute Gasteiger partial charge is 0.477 e. The molecule has 35 heavy (non-hydrogen) atoms. The van der Waals surface area contributed by atoms with Crippen molar-refractivity contribution in [1.29, 1.82) is 0 Å². The van der Waals surface area contributed by atoms with Crippen LogP contribution in [-0.2, 0) is 34.0 Å². The van der Waals surface area contributed by atoms with Crippen LogP contribution in [0.15, 0.2) is 15.5 Å². The third kappa shape index (κ3) is 4.45. The lowest BCUT2D eigenvalue weighted by Crippen LogP contribution is -2.41. The maximum Gasteiger partial charge on any atom is 0.354 e. The molecule has 3 N–H and O–H groups in total. The molecule has 2 aromatic rings. The number of urea groups is 1. The normalized spacial score (nSPS) is 24.7. The summed E-state index contributed by atoms with van der Waals surface area (Å²) in [5.74, 6) is 1.37. The van der Waals surface area contributed by atoms with Gasteiger partial charge in [0.15, 0.2) is 9.92 Å². The molecule has 1 saturated carbocycles. The van der Waals surface area contributed by atoms with Crippen molar-refractivity contribution in [3.8, 4) is 5.88 Å². The molecule has 2 atom stereocenters. The lowest BCUT2D eigenvalue weighted by atomic mass is 9.73. The van der Waals surface area contributed by atoms with Crippen LogP contribution >= 0.6 is 0 Å². The van der Waals surface area contributed by atoms with Crippen LogP contribution in [0.1, 0.15) is 61.5 Å². The highest BCUT2D eigenvalue weighted by molar-refractivity contribution is 7.91. The molecule has 11 heteroatoms. The summed E-state index contributed by atoms with van der Waals surface area (Å²) in [6, 6.07) is -0.746. The summed E-state index contributed by atoms with van der Waals surface area (Å²) in [7, 11) is -1.82. The minimum atomic E-state index is -3.55. The smallest absolute Gasteiger partial charge is 0.354 e. The van der Waals surface area contributed by atoms with E-state index in [4.69, 9.17) is 19.6 Å². The van der Waals surface area contributed by atoms with Gasteiger partial charge in [0.25, 0.3) is 0 Å². The second kappa shape index (κ2) is 9.18. The molecule has 0 radical (unpaired) electrons. The van der Waals surface area contributed by atoms with Crippen molar-refractivity contribution in [2.75, 3.05) is 19.0 Å². The van der Waals surface area contributed by atoms with Gasteiger partial charge >= 0.3 is 6.03 Å². The first-order chi connectivity index (χ1) is 16.7. The maximum atomic E-state index is 13.4. The van der Waals surface area contributed by atoms with Crippen LogP contribution in [0.25, 0.3) is 0 Å². The Labute approximate surface area is 206 Å². The molecule has 2 aliphatic carbocycles. The van der Waals surface area contributed by atoms with Gasteiger partial charge in [0.05, 0.1) is 31.1 Å². The van der Waals surface area contributed by atoms with Crippen LogP contribution in [0.2, 0.25) is 0 Å². The Bertz CT molecular complexity index is 1270. The Morgan fingerprint density at radius 1 is 1.34 bits per heavy atom. The van der Waals surface area contributed by atoms with Gasteiger partial charge in [-0.1, -0.05) is 13.8 Å². The van der Waals surface area contributed by atoms with Gasteiger partial charge in [0, 0.05) is 24.4 Å². The van der Waals surface area contributed by atoms with Crippen LogP contribution in [-0.4, -0.2) is 44.8 Å². The van der Waals surface area contributed by atoms with Crippen LogP contribution in [0, 0.1) is 18.8 Å². The summed E-state index contributed by atoms with van der Waals surface area (Å²) >= 11 is 0. The molecule has 0 saturated heterocycles. The number of hydrogen-bond acceptors (Lipinski definition) is 6. The van der Waals surface area contributed by atoms with E-state index in [0.717, 1.165) is 54.6 Å². The number of nitrogens with zero attached hydrogens (tertiary/aromatic N) is 4. The monoisotopic (exact) mass is 502 g/mol. The van der Waals surface area contributed by atoms with Crippen LogP contribution in [0.5, 0.6) is 5.88 Å². The van der Waals surface area contributed by atoms with E-state index < -0.39 is 15.9 Å². The first kappa shape index (κ1) is 24.2. The number of hydrogen-bond donors (Lipinski definition) is 2. The molecule has 1 aliphatic heterocycles. The summed E-state index contributed by atoms with van der Waals surface area (Å²) in [6.45, 7) is 7.24. The number of carbonyl (C=O) groups excluding carboxylic acids is 1. The quantitative estimate of drug-likeness (QED) is 0.642. The van der Waals surface area contributed by atoms with E-state index in [9.17, 15) is 9.00 Å². The summed E-state index contributed by atoms with van der Waals surface area (Å²) in [6.07, 6.45) is 6.45. The van der Waals surface area contributed by atoms with Crippen molar-refractivity contribution in [2.45, 2.75) is 76.3 Å². The first-order valence-electron chi connectivity index (χ1n) is 12.3. The molecule has 10 nitrogen and oxygen atoms in total. The minimum Gasteiger partial charge on any atom is -0.477 e. The molecule has 0 bridgehead atoms. The first-order valence-corrected chi connectivity index (χ1v) is 13.8. The number of nitrogens with one attached hydrogen (secondary N) is 1. The average Bonchev–Trinajstić information content (AvgIpc) is 3.41. The van der Waals surface area contributed by atoms with E-state index >= 15 is 0 Å². The molecule has 1 fully saturated rings. The average molecular weight is 503 g/mol. The highest BCUT2D eigenvalue weighted by Gasteiger charge is 2.39. The van der Waals surface area contributed by atoms with Crippen molar-refractivity contribution >= 4 is 21.6 Å². The highest BCUT2D eigenvalue weighted by atomic mass is 32.2. The predicted molar refractivity (Wildman–Crippen MR) is 132 cm³/mol. The molecular formula is C24H34N6O4S. The molecule has 5 rings (SSSR count). The van der Waals surface area contributed by atoms with Crippen LogP contribution in [0.3, 0.4) is 0 Å². The number of carbonyl (C=O) groups is 1. The summed E-state index contributed by atoms with van der Waals surface area (Å²) in [5, 5.41) is 13.3. The standard InChI is InChI=1S/C24H34N6O4S/c1-13(2)21-14(3)22(18-6-5-7-19(18)27-21)28-24(31)29-35(25,32)20-10-26-30-11-16(12-34-23(20)30)15-8-17(9-15)33-4/h10,13,15-17H,5-9,11-12H2,1-4H3,(H3,25,27,28,29,31,32). The molecule has 2 unspecified atom stereocenters. The van der Waals surface area contributed by atoms with Gasteiger partial charge in [0.2, 0.25) is 5.88 Å². The molecule has 3 heterocycles. The SMILES string of the molecule is COC1CC(C2COc3c(S(N)(=O)=NC(=O)Nc4c(C)c(C(C)C)nc5c4CCC5)cnn3C2)C1. The Morgan fingerprint density at radius 2 is 2.11 bits per heavy atom. The number of ether oxygens (including phenoxy) is 2. The van der Waals surface area contributed by atoms with Crippen molar-refractivity contribution in [3.05, 3.63) is 28.7 Å². The molecular weight excluding hydrogens is 468 g/mol. The second-order valence-electron chi connectivity index (χ2n) is 10.2. The Hall–Kier alpha value is -2.50. The third-order valence-electron chi connectivity index (χ3n) is 7.55. The van der Waals surface area contributed by atoms with Gasteiger partial charge in [-0.05, 0) is 62.0 Å². The number of pyridine rings is 1. The number of aromatic nitrogens is 3. The number of fused-ring (bicyclic) bond motifs is 2. The minimum absolute atomic E-state index is 0.147. The van der Waals surface area contributed by atoms with Crippen molar-refractivity contribution in [1.82, 2.24) is 14.8 Å². The number of anilines is 1. The zero-order chi connectivity index (χ0) is 24.9.